The zero-order valence-electron chi connectivity index (χ0n) is 15.5. The molecule has 0 spiro atoms. The van der Waals surface area contributed by atoms with E-state index in [2.05, 4.69) is 6.58 Å². The van der Waals surface area contributed by atoms with Crippen LogP contribution in [0.15, 0.2) is 23.9 Å². The molecule has 1 amide bonds. The van der Waals surface area contributed by atoms with Gasteiger partial charge < -0.3 is 14.4 Å². The summed E-state index contributed by atoms with van der Waals surface area (Å²) in [6.45, 7) is 9.52. The normalized spacial score (nSPS) is 25.8. The second kappa shape index (κ2) is 6.49. The molecule has 1 aliphatic carbocycles. The predicted molar refractivity (Wildman–Crippen MR) is 91.3 cm³/mol. The van der Waals surface area contributed by atoms with Gasteiger partial charge in [-0.05, 0) is 50.7 Å². The van der Waals surface area contributed by atoms with Crippen molar-refractivity contribution in [3.63, 3.8) is 0 Å². The zero-order chi connectivity index (χ0) is 18.2. The van der Waals surface area contributed by atoms with Gasteiger partial charge in [0.05, 0.1) is 13.2 Å². The highest BCUT2D eigenvalue weighted by Gasteiger charge is 2.53. The lowest BCUT2D eigenvalue weighted by Gasteiger charge is -2.31. The van der Waals surface area contributed by atoms with Crippen LogP contribution >= 0.6 is 0 Å². The summed E-state index contributed by atoms with van der Waals surface area (Å²) in [4.78, 5) is 28.6. The number of nitrogens with zero attached hydrogens (tertiary/aromatic N) is 2. The maximum Gasteiger partial charge on any atom is 0.411 e. The van der Waals surface area contributed by atoms with E-state index in [1.54, 1.807) is 0 Å². The monoisotopic (exact) mass is 336 g/mol. The van der Waals surface area contributed by atoms with Crippen LogP contribution in [0.2, 0.25) is 0 Å². The topological polar surface area (TPSA) is 59.1 Å². The number of carbonyl (C=O) groups excluding carboxylic acids is 2. The van der Waals surface area contributed by atoms with Gasteiger partial charge in [-0.3, -0.25) is 4.90 Å². The summed E-state index contributed by atoms with van der Waals surface area (Å²) in [6, 6.07) is -1.03. The molecule has 0 N–H and O–H groups in total. The van der Waals surface area contributed by atoms with Crippen molar-refractivity contribution < 1.29 is 19.1 Å². The van der Waals surface area contributed by atoms with E-state index in [-0.39, 0.29) is 6.04 Å². The van der Waals surface area contributed by atoms with Gasteiger partial charge in [-0.2, -0.15) is 0 Å². The standard InChI is InChI=1S/C18H28N2O4/c1-11-13(10-19(5)6)15(12-8-9-12)20(14(11)16(21)23-7)17(22)24-18(2,3)4/h10,12,14-15H,1,8-9H2,2-7H3/b13-10+. The van der Waals surface area contributed by atoms with Gasteiger partial charge in [0.25, 0.3) is 0 Å². The third kappa shape index (κ3) is 3.74. The van der Waals surface area contributed by atoms with Gasteiger partial charge in [0.2, 0.25) is 0 Å². The molecule has 2 unspecified atom stereocenters. The van der Waals surface area contributed by atoms with Crippen LogP contribution in [-0.4, -0.2) is 60.8 Å². The molecule has 1 aliphatic heterocycles. The van der Waals surface area contributed by atoms with Crippen LogP contribution in [0, 0.1) is 5.92 Å². The van der Waals surface area contributed by atoms with E-state index in [0.29, 0.717) is 11.5 Å². The lowest BCUT2D eigenvalue weighted by molar-refractivity contribution is -0.145. The molecule has 0 aromatic heterocycles. The molecule has 1 saturated heterocycles. The summed E-state index contributed by atoms with van der Waals surface area (Å²) in [7, 11) is 5.14. The van der Waals surface area contributed by atoms with Crippen molar-refractivity contribution in [2.24, 2.45) is 5.92 Å². The first kappa shape index (κ1) is 18.4. The van der Waals surface area contributed by atoms with Gasteiger partial charge in [0.15, 0.2) is 6.04 Å². The van der Waals surface area contributed by atoms with E-state index in [1.807, 2.05) is 46.0 Å². The Kier molecular flexibility index (Phi) is 4.97. The Labute approximate surface area is 144 Å². The quantitative estimate of drug-likeness (QED) is 0.741. The van der Waals surface area contributed by atoms with Crippen molar-refractivity contribution >= 4 is 12.1 Å². The van der Waals surface area contributed by atoms with Crippen LogP contribution in [0.25, 0.3) is 0 Å². The first-order valence-electron chi connectivity index (χ1n) is 8.23. The molecule has 0 aromatic rings. The minimum Gasteiger partial charge on any atom is -0.467 e. The molecule has 0 bridgehead atoms. The number of methoxy groups -OCH3 is 1. The van der Waals surface area contributed by atoms with Crippen LogP contribution in [0.1, 0.15) is 33.6 Å². The molecule has 2 atom stereocenters. The van der Waals surface area contributed by atoms with E-state index in [0.717, 1.165) is 18.4 Å². The predicted octanol–water partition coefficient (Wildman–Crippen LogP) is 2.56. The molecule has 0 radical (unpaired) electrons. The van der Waals surface area contributed by atoms with Gasteiger partial charge in [0.1, 0.15) is 5.60 Å². The first-order valence-corrected chi connectivity index (χ1v) is 8.23. The highest BCUT2D eigenvalue weighted by atomic mass is 16.6. The fourth-order valence-electron chi connectivity index (χ4n) is 3.06. The van der Waals surface area contributed by atoms with E-state index < -0.39 is 23.7 Å². The van der Waals surface area contributed by atoms with Gasteiger partial charge >= 0.3 is 12.1 Å². The number of ether oxygens (including phenoxy) is 2. The van der Waals surface area contributed by atoms with E-state index in [1.165, 1.54) is 12.0 Å². The van der Waals surface area contributed by atoms with Gasteiger partial charge in [-0.1, -0.05) is 6.58 Å². The van der Waals surface area contributed by atoms with Crippen molar-refractivity contribution in [2.75, 3.05) is 21.2 Å². The zero-order valence-corrected chi connectivity index (χ0v) is 15.5. The number of hydrogen-bond acceptors (Lipinski definition) is 5. The Morgan fingerprint density at radius 2 is 1.88 bits per heavy atom. The van der Waals surface area contributed by atoms with Crippen LogP contribution in [0.4, 0.5) is 4.79 Å². The molecular formula is C18H28N2O4. The molecule has 1 saturated carbocycles. The average molecular weight is 336 g/mol. The minimum atomic E-state index is -0.832. The van der Waals surface area contributed by atoms with Crippen LogP contribution in [0.3, 0.4) is 0 Å². The van der Waals surface area contributed by atoms with Crippen molar-refractivity contribution in [1.29, 1.82) is 0 Å². The minimum absolute atomic E-state index is 0.196. The lowest BCUT2D eigenvalue weighted by Crippen LogP contribution is -2.48. The van der Waals surface area contributed by atoms with Gasteiger partial charge in [0, 0.05) is 20.3 Å². The molecule has 24 heavy (non-hydrogen) atoms. The van der Waals surface area contributed by atoms with Crippen LogP contribution < -0.4 is 0 Å². The summed E-state index contributed by atoms with van der Waals surface area (Å²) in [5.74, 6) is -0.159. The third-order valence-electron chi connectivity index (χ3n) is 4.09. The summed E-state index contributed by atoms with van der Waals surface area (Å²) in [5, 5.41) is 0. The van der Waals surface area contributed by atoms with Gasteiger partial charge in [-0.25, -0.2) is 9.59 Å². The van der Waals surface area contributed by atoms with Crippen molar-refractivity contribution in [3.05, 3.63) is 23.9 Å². The molecule has 6 nitrogen and oxygen atoms in total. The fourth-order valence-corrected chi connectivity index (χ4v) is 3.06. The molecule has 6 heteroatoms. The van der Waals surface area contributed by atoms with E-state index >= 15 is 0 Å². The maximum absolute atomic E-state index is 12.8. The lowest BCUT2D eigenvalue weighted by atomic mass is 9.99. The second-order valence-corrected chi connectivity index (χ2v) is 7.67. The molecular weight excluding hydrogens is 308 g/mol. The Morgan fingerprint density at radius 3 is 2.29 bits per heavy atom. The Hall–Kier alpha value is -1.98. The third-order valence-corrected chi connectivity index (χ3v) is 4.09. The summed E-state index contributed by atoms with van der Waals surface area (Å²) in [5.41, 5.74) is 0.878. The highest BCUT2D eigenvalue weighted by molar-refractivity contribution is 5.88. The number of esters is 1. The highest BCUT2D eigenvalue weighted by Crippen LogP contribution is 2.47. The molecule has 2 fully saturated rings. The molecule has 2 rings (SSSR count). The second-order valence-electron chi connectivity index (χ2n) is 7.67. The maximum atomic E-state index is 12.8. The van der Waals surface area contributed by atoms with E-state index in [4.69, 9.17) is 9.47 Å². The Morgan fingerprint density at radius 1 is 1.29 bits per heavy atom. The average Bonchev–Trinajstić information content (AvgIpc) is 3.22. The Bertz CT molecular complexity index is 570. The molecule has 2 aliphatic rings. The number of hydrogen-bond donors (Lipinski definition) is 0. The smallest absolute Gasteiger partial charge is 0.411 e. The summed E-state index contributed by atoms with van der Waals surface area (Å²) in [6.07, 6.45) is 3.48. The molecule has 134 valence electrons. The number of rotatable bonds is 3. The van der Waals surface area contributed by atoms with Crippen LogP contribution in [0.5, 0.6) is 0 Å². The summed E-state index contributed by atoms with van der Waals surface area (Å²) < 4.78 is 10.5. The fraction of sp³-hybridized carbons (Fsp3) is 0.667. The van der Waals surface area contributed by atoms with Crippen molar-refractivity contribution in [1.82, 2.24) is 9.80 Å². The summed E-state index contributed by atoms with van der Waals surface area (Å²) >= 11 is 0. The van der Waals surface area contributed by atoms with Crippen molar-refractivity contribution in [3.8, 4) is 0 Å². The number of likely N-dealkylation sites (tertiary alicyclic amines) is 1. The molecule has 1 heterocycles. The SMILES string of the molecule is C=C1/C(=C\N(C)C)C(C2CC2)N(C(=O)OC(C)(C)C)C1C(=O)OC. The number of carbonyl (C=O) groups is 2. The van der Waals surface area contributed by atoms with Crippen molar-refractivity contribution in [2.45, 2.75) is 51.3 Å². The molecule has 0 aromatic carbocycles. The largest absolute Gasteiger partial charge is 0.467 e. The van der Waals surface area contributed by atoms with Gasteiger partial charge in [-0.15, -0.1) is 0 Å². The first-order chi connectivity index (χ1) is 11.1. The Balaban J connectivity index is 2.46. The van der Waals surface area contributed by atoms with Crippen LogP contribution in [-0.2, 0) is 14.3 Å². The van der Waals surface area contributed by atoms with E-state index in [9.17, 15) is 9.59 Å². The number of amides is 1.